The Bertz CT molecular complexity index is 576. The van der Waals surface area contributed by atoms with E-state index in [9.17, 15) is 4.79 Å². The molecule has 1 aromatic carbocycles. The average Bonchev–Trinajstić information content (AvgIpc) is 2.60. The van der Waals surface area contributed by atoms with Crippen molar-refractivity contribution in [3.8, 4) is 0 Å². The first-order valence-corrected chi connectivity index (χ1v) is 10.3. The maximum absolute atomic E-state index is 12.3. The molecule has 3 N–H and O–H groups in total. The molecule has 4 heteroatoms. The Morgan fingerprint density at radius 1 is 1.08 bits per heavy atom. The number of carbonyl (C=O) groups excluding carboxylic acids is 1. The zero-order chi connectivity index (χ0) is 18.5. The lowest BCUT2D eigenvalue weighted by atomic mass is 9.85. The molecular formula is C22H35N3O. The first kappa shape index (κ1) is 19.4. The van der Waals surface area contributed by atoms with E-state index in [2.05, 4.69) is 48.3 Å². The van der Waals surface area contributed by atoms with Crippen LogP contribution in [0.5, 0.6) is 0 Å². The second kappa shape index (κ2) is 9.01. The number of nitrogens with one attached hydrogen (secondary N) is 1. The Morgan fingerprint density at radius 3 is 2.38 bits per heavy atom. The number of hydrogen-bond acceptors (Lipinski definition) is 3. The topological polar surface area (TPSA) is 58.4 Å². The zero-order valence-corrected chi connectivity index (χ0v) is 16.4. The van der Waals surface area contributed by atoms with E-state index in [1.54, 1.807) is 0 Å². The summed E-state index contributed by atoms with van der Waals surface area (Å²) in [4.78, 5) is 14.9. The predicted molar refractivity (Wildman–Crippen MR) is 106 cm³/mol. The molecule has 1 saturated heterocycles. The normalized spacial score (nSPS) is 30.1. The molecule has 4 atom stereocenters. The van der Waals surface area contributed by atoms with E-state index in [0.717, 1.165) is 44.1 Å². The predicted octanol–water partition coefficient (Wildman–Crippen LogP) is 3.30. The smallest absolute Gasteiger partial charge is 0.223 e. The molecule has 0 aromatic heterocycles. The molecule has 2 aliphatic rings. The molecule has 1 heterocycles. The fourth-order valence-electron chi connectivity index (χ4n) is 4.74. The second-order valence-electron chi connectivity index (χ2n) is 8.80. The van der Waals surface area contributed by atoms with Gasteiger partial charge >= 0.3 is 0 Å². The van der Waals surface area contributed by atoms with Crippen LogP contribution in [0.15, 0.2) is 24.3 Å². The number of likely N-dealkylation sites (tertiary alicyclic amines) is 1. The summed E-state index contributed by atoms with van der Waals surface area (Å²) in [5, 5.41) is 3.10. The quantitative estimate of drug-likeness (QED) is 0.850. The number of rotatable bonds is 5. The van der Waals surface area contributed by atoms with Crippen molar-refractivity contribution in [1.29, 1.82) is 0 Å². The maximum atomic E-state index is 12.3. The van der Waals surface area contributed by atoms with Gasteiger partial charge in [-0.05, 0) is 48.6 Å². The van der Waals surface area contributed by atoms with Crippen LogP contribution in [0.2, 0.25) is 0 Å². The van der Waals surface area contributed by atoms with Gasteiger partial charge in [-0.3, -0.25) is 9.69 Å². The Balaban J connectivity index is 1.46. The Kier molecular flexibility index (Phi) is 6.71. The molecule has 144 valence electrons. The average molecular weight is 358 g/mol. The summed E-state index contributed by atoms with van der Waals surface area (Å²) in [6, 6.07) is 8.92. The molecule has 0 radical (unpaired) electrons. The van der Waals surface area contributed by atoms with Crippen molar-refractivity contribution >= 4 is 5.91 Å². The van der Waals surface area contributed by atoms with E-state index in [-0.39, 0.29) is 17.9 Å². The molecule has 4 nitrogen and oxygen atoms in total. The molecule has 1 aliphatic heterocycles. The van der Waals surface area contributed by atoms with Crippen molar-refractivity contribution in [3.05, 3.63) is 35.4 Å². The van der Waals surface area contributed by atoms with Crippen LogP contribution in [0.1, 0.15) is 57.1 Å². The van der Waals surface area contributed by atoms with E-state index in [0.29, 0.717) is 6.54 Å². The molecule has 26 heavy (non-hydrogen) atoms. The van der Waals surface area contributed by atoms with Crippen molar-refractivity contribution < 1.29 is 4.79 Å². The van der Waals surface area contributed by atoms with Crippen molar-refractivity contribution in [3.63, 3.8) is 0 Å². The number of nitrogens with zero attached hydrogens (tertiary/aromatic N) is 1. The highest BCUT2D eigenvalue weighted by molar-refractivity contribution is 5.78. The summed E-state index contributed by atoms with van der Waals surface area (Å²) < 4.78 is 0. The van der Waals surface area contributed by atoms with Crippen LogP contribution in [-0.4, -0.2) is 29.9 Å². The SMILES string of the molecule is CC1CC(C)CN(Cc2ccc(CNC(=O)C3CCCC(N)C3)cc2)C1. The number of piperidine rings is 1. The van der Waals surface area contributed by atoms with Crippen molar-refractivity contribution in [2.24, 2.45) is 23.5 Å². The van der Waals surface area contributed by atoms with Crippen LogP contribution in [0.3, 0.4) is 0 Å². The van der Waals surface area contributed by atoms with Gasteiger partial charge in [0.25, 0.3) is 0 Å². The Morgan fingerprint density at radius 2 is 1.73 bits per heavy atom. The second-order valence-corrected chi connectivity index (χ2v) is 8.80. The summed E-state index contributed by atoms with van der Waals surface area (Å²) in [5.74, 6) is 1.85. The van der Waals surface area contributed by atoms with E-state index in [1.165, 1.54) is 30.6 Å². The van der Waals surface area contributed by atoms with Gasteiger partial charge < -0.3 is 11.1 Å². The van der Waals surface area contributed by atoms with Gasteiger partial charge in [-0.25, -0.2) is 0 Å². The van der Waals surface area contributed by atoms with E-state index in [4.69, 9.17) is 5.73 Å². The molecule has 1 amide bonds. The van der Waals surface area contributed by atoms with E-state index >= 15 is 0 Å². The van der Waals surface area contributed by atoms with Crippen LogP contribution < -0.4 is 11.1 Å². The summed E-state index contributed by atoms with van der Waals surface area (Å²) in [5.41, 5.74) is 8.53. The third-order valence-electron chi connectivity index (χ3n) is 5.93. The van der Waals surface area contributed by atoms with Crippen LogP contribution in [0.4, 0.5) is 0 Å². The van der Waals surface area contributed by atoms with Gasteiger partial charge in [0, 0.05) is 38.1 Å². The molecule has 0 spiro atoms. The van der Waals surface area contributed by atoms with Gasteiger partial charge in [-0.1, -0.05) is 44.5 Å². The molecular weight excluding hydrogens is 322 g/mol. The monoisotopic (exact) mass is 357 g/mol. The fraction of sp³-hybridized carbons (Fsp3) is 0.682. The Labute approximate surface area is 158 Å². The van der Waals surface area contributed by atoms with Gasteiger partial charge in [0.2, 0.25) is 5.91 Å². The molecule has 3 rings (SSSR count). The number of benzene rings is 1. The van der Waals surface area contributed by atoms with Crippen molar-refractivity contribution in [1.82, 2.24) is 10.2 Å². The lowest BCUT2D eigenvalue weighted by molar-refractivity contribution is -0.126. The molecule has 2 fully saturated rings. The van der Waals surface area contributed by atoms with Crippen LogP contribution in [0.25, 0.3) is 0 Å². The summed E-state index contributed by atoms with van der Waals surface area (Å²) >= 11 is 0. The maximum Gasteiger partial charge on any atom is 0.223 e. The largest absolute Gasteiger partial charge is 0.352 e. The highest BCUT2D eigenvalue weighted by Gasteiger charge is 2.25. The minimum atomic E-state index is 0.0982. The van der Waals surface area contributed by atoms with E-state index in [1.807, 2.05) is 0 Å². The number of carbonyl (C=O) groups is 1. The summed E-state index contributed by atoms with van der Waals surface area (Å²) in [7, 11) is 0. The van der Waals surface area contributed by atoms with Gasteiger partial charge in [0.05, 0.1) is 0 Å². The molecule has 1 aliphatic carbocycles. The lowest BCUT2D eigenvalue weighted by Gasteiger charge is -2.35. The molecule has 1 aromatic rings. The minimum Gasteiger partial charge on any atom is -0.352 e. The van der Waals surface area contributed by atoms with Crippen LogP contribution >= 0.6 is 0 Å². The zero-order valence-electron chi connectivity index (χ0n) is 16.4. The highest BCUT2D eigenvalue weighted by atomic mass is 16.1. The fourth-order valence-corrected chi connectivity index (χ4v) is 4.74. The number of hydrogen-bond donors (Lipinski definition) is 2. The third-order valence-corrected chi connectivity index (χ3v) is 5.93. The molecule has 1 saturated carbocycles. The summed E-state index contributed by atoms with van der Waals surface area (Å²) in [6.07, 6.45) is 5.28. The van der Waals surface area contributed by atoms with Gasteiger partial charge in [0.15, 0.2) is 0 Å². The Hall–Kier alpha value is -1.39. The van der Waals surface area contributed by atoms with Gasteiger partial charge in [-0.2, -0.15) is 0 Å². The van der Waals surface area contributed by atoms with Crippen molar-refractivity contribution in [2.45, 2.75) is 65.1 Å². The van der Waals surface area contributed by atoms with Crippen LogP contribution in [-0.2, 0) is 17.9 Å². The first-order valence-electron chi connectivity index (χ1n) is 10.3. The molecule has 0 bridgehead atoms. The van der Waals surface area contributed by atoms with E-state index < -0.39 is 0 Å². The standard InChI is InChI=1S/C22H35N3O/c1-16-10-17(2)14-25(13-16)15-19-8-6-18(7-9-19)12-24-22(26)20-4-3-5-21(23)11-20/h6-9,16-17,20-21H,3-5,10-15,23H2,1-2H3,(H,24,26). The number of amides is 1. The lowest BCUT2D eigenvalue weighted by Crippen LogP contribution is -2.38. The first-order chi connectivity index (χ1) is 12.5. The minimum absolute atomic E-state index is 0.0982. The van der Waals surface area contributed by atoms with Gasteiger partial charge in [-0.15, -0.1) is 0 Å². The van der Waals surface area contributed by atoms with Gasteiger partial charge in [0.1, 0.15) is 0 Å². The van der Waals surface area contributed by atoms with Crippen molar-refractivity contribution in [2.75, 3.05) is 13.1 Å². The molecule has 4 unspecified atom stereocenters. The summed E-state index contributed by atoms with van der Waals surface area (Å²) in [6.45, 7) is 8.75. The van der Waals surface area contributed by atoms with Crippen LogP contribution in [0, 0.1) is 17.8 Å². The highest BCUT2D eigenvalue weighted by Crippen LogP contribution is 2.24. The number of nitrogens with two attached hydrogens (primary N) is 1. The third kappa shape index (κ3) is 5.55.